The lowest BCUT2D eigenvalue weighted by atomic mass is 9.87. The van der Waals surface area contributed by atoms with Gasteiger partial charge in [-0.1, -0.05) is 20.8 Å². The standard InChI is InChI=1S/C12H24N2O3/c1-11(2,3)9(13)10(15)14-6-8-7-16-12(4,5)17-8/h8-9H,6-7,13H2,1-5H3,(H,14,15)/t8?,9-/m0/s1. The minimum absolute atomic E-state index is 0.0962. The molecule has 1 saturated heterocycles. The number of nitrogens with one attached hydrogen (secondary N) is 1. The largest absolute Gasteiger partial charge is 0.352 e. The van der Waals surface area contributed by atoms with E-state index in [4.69, 9.17) is 15.2 Å². The van der Waals surface area contributed by atoms with Crippen LogP contribution in [-0.4, -0.2) is 37.0 Å². The van der Waals surface area contributed by atoms with E-state index in [1.165, 1.54) is 0 Å². The van der Waals surface area contributed by atoms with Gasteiger partial charge in [-0.3, -0.25) is 4.79 Å². The SMILES string of the molecule is CC1(C)OCC(CNC(=O)[C@H](N)C(C)(C)C)O1. The maximum atomic E-state index is 11.8. The van der Waals surface area contributed by atoms with Gasteiger partial charge in [-0.2, -0.15) is 0 Å². The van der Waals surface area contributed by atoms with Crippen LogP contribution >= 0.6 is 0 Å². The van der Waals surface area contributed by atoms with Gasteiger partial charge >= 0.3 is 0 Å². The van der Waals surface area contributed by atoms with Crippen LogP contribution in [0.3, 0.4) is 0 Å². The lowest BCUT2D eigenvalue weighted by molar-refractivity contribution is -0.140. The van der Waals surface area contributed by atoms with Crippen molar-refractivity contribution in [3.05, 3.63) is 0 Å². The number of ether oxygens (including phenoxy) is 2. The molecule has 0 spiro atoms. The van der Waals surface area contributed by atoms with E-state index in [1.807, 2.05) is 34.6 Å². The monoisotopic (exact) mass is 244 g/mol. The molecule has 2 atom stereocenters. The van der Waals surface area contributed by atoms with Crippen LogP contribution in [0, 0.1) is 5.41 Å². The van der Waals surface area contributed by atoms with Crippen LogP contribution < -0.4 is 11.1 Å². The van der Waals surface area contributed by atoms with Crippen LogP contribution in [0.15, 0.2) is 0 Å². The summed E-state index contributed by atoms with van der Waals surface area (Å²) in [4.78, 5) is 11.8. The van der Waals surface area contributed by atoms with Crippen molar-refractivity contribution in [3.8, 4) is 0 Å². The highest BCUT2D eigenvalue weighted by Crippen LogP contribution is 2.22. The molecule has 3 N–H and O–H groups in total. The number of carbonyl (C=O) groups excluding carboxylic acids is 1. The Labute approximate surface area is 103 Å². The molecule has 0 radical (unpaired) electrons. The molecular weight excluding hydrogens is 220 g/mol. The maximum Gasteiger partial charge on any atom is 0.237 e. The summed E-state index contributed by atoms with van der Waals surface area (Å²) in [7, 11) is 0. The number of carbonyl (C=O) groups is 1. The van der Waals surface area contributed by atoms with Crippen molar-refractivity contribution in [2.75, 3.05) is 13.2 Å². The third kappa shape index (κ3) is 4.26. The van der Waals surface area contributed by atoms with Crippen molar-refractivity contribution in [1.82, 2.24) is 5.32 Å². The number of hydrogen-bond donors (Lipinski definition) is 2. The third-order valence-electron chi connectivity index (χ3n) is 2.79. The molecule has 1 fully saturated rings. The van der Waals surface area contributed by atoms with Crippen LogP contribution in [0.2, 0.25) is 0 Å². The molecule has 1 heterocycles. The smallest absolute Gasteiger partial charge is 0.237 e. The summed E-state index contributed by atoms with van der Waals surface area (Å²) in [6.07, 6.45) is -0.0962. The summed E-state index contributed by atoms with van der Waals surface area (Å²) in [5.41, 5.74) is 5.61. The fraction of sp³-hybridized carbons (Fsp3) is 0.917. The molecule has 5 heteroatoms. The van der Waals surface area contributed by atoms with Crippen molar-refractivity contribution < 1.29 is 14.3 Å². The first kappa shape index (κ1) is 14.4. The normalized spacial score (nSPS) is 25.6. The summed E-state index contributed by atoms with van der Waals surface area (Å²) in [6.45, 7) is 10.5. The van der Waals surface area contributed by atoms with E-state index < -0.39 is 11.8 Å². The second kappa shape index (κ2) is 4.92. The van der Waals surface area contributed by atoms with Gasteiger partial charge < -0.3 is 20.5 Å². The van der Waals surface area contributed by atoms with E-state index in [9.17, 15) is 4.79 Å². The summed E-state index contributed by atoms with van der Waals surface area (Å²) in [6, 6.07) is -0.516. The molecule has 5 nitrogen and oxygen atoms in total. The van der Waals surface area contributed by atoms with Gasteiger partial charge in [0.15, 0.2) is 5.79 Å². The van der Waals surface area contributed by atoms with Crippen molar-refractivity contribution >= 4 is 5.91 Å². The molecule has 1 aliphatic rings. The summed E-state index contributed by atoms with van der Waals surface area (Å²) in [5, 5.41) is 2.80. The number of nitrogens with two attached hydrogens (primary N) is 1. The number of rotatable bonds is 3. The van der Waals surface area contributed by atoms with Crippen LogP contribution in [-0.2, 0) is 14.3 Å². The van der Waals surface area contributed by atoms with Gasteiger partial charge in [0.25, 0.3) is 0 Å². The minimum Gasteiger partial charge on any atom is -0.352 e. The Morgan fingerprint density at radius 2 is 2.12 bits per heavy atom. The van der Waals surface area contributed by atoms with Gasteiger partial charge in [0.05, 0.1) is 12.6 Å². The lowest BCUT2D eigenvalue weighted by Gasteiger charge is -2.26. The van der Waals surface area contributed by atoms with Crippen LogP contribution in [0.4, 0.5) is 0 Å². The molecule has 1 amide bonds. The molecule has 0 aliphatic carbocycles. The van der Waals surface area contributed by atoms with Crippen molar-refractivity contribution in [2.45, 2.75) is 52.6 Å². The van der Waals surface area contributed by atoms with Crippen LogP contribution in [0.1, 0.15) is 34.6 Å². The van der Waals surface area contributed by atoms with Crippen molar-refractivity contribution in [1.29, 1.82) is 0 Å². The summed E-state index contributed by atoms with van der Waals surface area (Å²) in [5.74, 6) is -0.701. The number of amides is 1. The number of hydrogen-bond acceptors (Lipinski definition) is 4. The summed E-state index contributed by atoms with van der Waals surface area (Å²) < 4.78 is 11.0. The van der Waals surface area contributed by atoms with Gasteiger partial charge in [-0.15, -0.1) is 0 Å². The van der Waals surface area contributed by atoms with Crippen LogP contribution in [0.25, 0.3) is 0 Å². The van der Waals surface area contributed by atoms with Crippen LogP contribution in [0.5, 0.6) is 0 Å². The zero-order valence-electron chi connectivity index (χ0n) is 11.4. The average Bonchev–Trinajstić information content (AvgIpc) is 2.52. The maximum absolute atomic E-state index is 11.8. The van der Waals surface area contributed by atoms with E-state index in [0.717, 1.165) is 0 Å². The van der Waals surface area contributed by atoms with Crippen molar-refractivity contribution in [3.63, 3.8) is 0 Å². The highest BCUT2D eigenvalue weighted by Gasteiger charge is 2.33. The van der Waals surface area contributed by atoms with E-state index in [-0.39, 0.29) is 17.4 Å². The molecule has 1 rings (SSSR count). The van der Waals surface area contributed by atoms with Gasteiger partial charge in [0.2, 0.25) is 5.91 Å². The van der Waals surface area contributed by atoms with E-state index >= 15 is 0 Å². The molecule has 0 bridgehead atoms. The summed E-state index contributed by atoms with van der Waals surface area (Å²) >= 11 is 0. The average molecular weight is 244 g/mol. The Hall–Kier alpha value is -0.650. The van der Waals surface area contributed by atoms with Gasteiger partial charge in [-0.05, 0) is 19.3 Å². The molecule has 0 aromatic carbocycles. The Morgan fingerprint density at radius 1 is 1.53 bits per heavy atom. The van der Waals surface area contributed by atoms with Gasteiger partial charge in [-0.25, -0.2) is 0 Å². The molecule has 17 heavy (non-hydrogen) atoms. The Balaban J connectivity index is 2.35. The predicted octanol–water partition coefficient (Wildman–Crippen LogP) is 0.628. The molecule has 100 valence electrons. The first-order valence-corrected chi connectivity index (χ1v) is 5.97. The Kier molecular flexibility index (Phi) is 4.17. The molecule has 0 aromatic rings. The van der Waals surface area contributed by atoms with Gasteiger partial charge in [0, 0.05) is 6.54 Å². The molecule has 0 aromatic heterocycles. The fourth-order valence-corrected chi connectivity index (χ4v) is 1.58. The quantitative estimate of drug-likeness (QED) is 0.763. The molecular formula is C12H24N2O3. The zero-order chi connectivity index (χ0) is 13.3. The zero-order valence-corrected chi connectivity index (χ0v) is 11.4. The van der Waals surface area contributed by atoms with Crippen molar-refractivity contribution in [2.24, 2.45) is 11.1 Å². The minimum atomic E-state index is -0.554. The molecule has 1 aliphatic heterocycles. The highest BCUT2D eigenvalue weighted by atomic mass is 16.7. The molecule has 0 saturated carbocycles. The third-order valence-corrected chi connectivity index (χ3v) is 2.79. The highest BCUT2D eigenvalue weighted by molar-refractivity contribution is 5.82. The lowest BCUT2D eigenvalue weighted by Crippen LogP contribution is -2.50. The van der Waals surface area contributed by atoms with Gasteiger partial charge in [0.1, 0.15) is 6.10 Å². The first-order chi connectivity index (χ1) is 7.62. The predicted molar refractivity (Wildman–Crippen MR) is 65.3 cm³/mol. The van der Waals surface area contributed by atoms with E-state index in [2.05, 4.69) is 5.32 Å². The Morgan fingerprint density at radius 3 is 2.53 bits per heavy atom. The fourth-order valence-electron chi connectivity index (χ4n) is 1.58. The Bertz CT molecular complexity index is 284. The second-order valence-electron chi connectivity index (χ2n) is 6.04. The second-order valence-corrected chi connectivity index (χ2v) is 6.04. The van der Waals surface area contributed by atoms with E-state index in [0.29, 0.717) is 13.2 Å². The van der Waals surface area contributed by atoms with E-state index in [1.54, 1.807) is 0 Å². The topological polar surface area (TPSA) is 73.6 Å². The molecule has 1 unspecified atom stereocenters. The first-order valence-electron chi connectivity index (χ1n) is 5.97.